The largest absolute Gasteiger partial charge is 0.507 e. The highest BCUT2D eigenvalue weighted by Crippen LogP contribution is 2.43. The number of hydrogen-bond acceptors (Lipinski definition) is 4. The smallest absolute Gasteiger partial charge is 0.230 e. The average Bonchev–Trinajstić information content (AvgIpc) is 2.70. The van der Waals surface area contributed by atoms with Gasteiger partial charge in [-0.2, -0.15) is 0 Å². The fraction of sp³-hybridized carbons (Fsp3) is 0.308. The van der Waals surface area contributed by atoms with Gasteiger partial charge in [0.1, 0.15) is 5.75 Å². The Kier molecular flexibility index (Phi) is 3.34. The lowest BCUT2D eigenvalue weighted by molar-refractivity contribution is 0.436. The van der Waals surface area contributed by atoms with E-state index in [0.717, 1.165) is 15.6 Å². The summed E-state index contributed by atoms with van der Waals surface area (Å²) in [4.78, 5) is 0. The maximum absolute atomic E-state index is 10.4. The van der Waals surface area contributed by atoms with Crippen molar-refractivity contribution in [2.75, 3.05) is 5.73 Å². The van der Waals surface area contributed by atoms with Gasteiger partial charge in [-0.25, -0.2) is 0 Å². The molecule has 0 unspecified atom stereocenters. The third-order valence-electron chi connectivity index (χ3n) is 3.02. The number of benzene rings is 1. The lowest BCUT2D eigenvalue weighted by Gasteiger charge is -2.16. The van der Waals surface area contributed by atoms with Crippen LogP contribution in [0.4, 0.5) is 5.88 Å². The molecule has 0 radical (unpaired) electrons. The summed E-state index contributed by atoms with van der Waals surface area (Å²) in [6, 6.07) is 1.93. The van der Waals surface area contributed by atoms with E-state index in [1.807, 2.05) is 26.8 Å². The van der Waals surface area contributed by atoms with E-state index >= 15 is 0 Å². The van der Waals surface area contributed by atoms with Crippen molar-refractivity contribution in [3.8, 4) is 16.9 Å². The number of nitrogens with two attached hydrogens (primary N) is 1. The predicted octanol–water partition coefficient (Wildman–Crippen LogP) is 3.82. The molecule has 0 aliphatic heterocycles. The Hall–Kier alpha value is -1.49. The molecule has 0 saturated heterocycles. The standard InChI is InChI=1S/C13H15BrN2O2/c1-6(2)8-4-10(14)7(3)11(12(8)17)9-5-16-18-13(9)15/h4-6,17H,15H2,1-3H3. The summed E-state index contributed by atoms with van der Waals surface area (Å²) in [6.45, 7) is 5.96. The molecular formula is C13H15BrN2O2. The number of anilines is 1. The number of phenols is 1. The van der Waals surface area contributed by atoms with Gasteiger partial charge in [0, 0.05) is 10.0 Å². The predicted molar refractivity (Wildman–Crippen MR) is 74.5 cm³/mol. The Morgan fingerprint density at radius 1 is 1.44 bits per heavy atom. The minimum Gasteiger partial charge on any atom is -0.507 e. The zero-order chi connectivity index (χ0) is 13.4. The molecule has 0 saturated carbocycles. The highest BCUT2D eigenvalue weighted by Gasteiger charge is 2.20. The van der Waals surface area contributed by atoms with Gasteiger partial charge < -0.3 is 15.4 Å². The number of hydrogen-bond donors (Lipinski definition) is 2. The van der Waals surface area contributed by atoms with Crippen molar-refractivity contribution < 1.29 is 9.63 Å². The second kappa shape index (κ2) is 4.65. The zero-order valence-electron chi connectivity index (χ0n) is 10.5. The van der Waals surface area contributed by atoms with Crippen molar-refractivity contribution in [2.45, 2.75) is 26.7 Å². The molecule has 0 atom stereocenters. The van der Waals surface area contributed by atoms with E-state index in [1.165, 1.54) is 6.20 Å². The van der Waals surface area contributed by atoms with Crippen LogP contribution in [0, 0.1) is 6.92 Å². The van der Waals surface area contributed by atoms with Crippen LogP contribution in [0.1, 0.15) is 30.9 Å². The van der Waals surface area contributed by atoms with E-state index in [9.17, 15) is 5.11 Å². The van der Waals surface area contributed by atoms with Gasteiger partial charge in [-0.15, -0.1) is 0 Å². The summed E-state index contributed by atoms with van der Waals surface area (Å²) >= 11 is 3.51. The van der Waals surface area contributed by atoms with Crippen molar-refractivity contribution >= 4 is 21.8 Å². The summed E-state index contributed by atoms with van der Waals surface area (Å²) in [5.41, 5.74) is 8.80. The molecule has 1 heterocycles. The SMILES string of the molecule is Cc1c(Br)cc(C(C)C)c(O)c1-c1cnoc1N. The van der Waals surface area contributed by atoms with Gasteiger partial charge in [0.25, 0.3) is 0 Å². The fourth-order valence-electron chi connectivity index (χ4n) is 1.96. The van der Waals surface area contributed by atoms with Gasteiger partial charge in [-0.3, -0.25) is 0 Å². The number of halogens is 1. The number of aromatic hydroxyl groups is 1. The van der Waals surface area contributed by atoms with E-state index in [1.54, 1.807) is 0 Å². The molecule has 4 nitrogen and oxygen atoms in total. The van der Waals surface area contributed by atoms with Crippen molar-refractivity contribution in [3.63, 3.8) is 0 Å². The first-order valence-electron chi connectivity index (χ1n) is 5.66. The second-order valence-corrected chi connectivity index (χ2v) is 5.41. The fourth-order valence-corrected chi connectivity index (χ4v) is 2.41. The molecule has 0 spiro atoms. The molecule has 0 amide bonds. The van der Waals surface area contributed by atoms with E-state index in [0.29, 0.717) is 11.1 Å². The summed E-state index contributed by atoms with van der Waals surface area (Å²) in [6.07, 6.45) is 1.52. The Bertz CT molecular complexity index is 591. The molecular weight excluding hydrogens is 296 g/mol. The van der Waals surface area contributed by atoms with Gasteiger partial charge in [0.15, 0.2) is 0 Å². The second-order valence-electron chi connectivity index (χ2n) is 4.55. The van der Waals surface area contributed by atoms with Crippen LogP contribution in [0.15, 0.2) is 21.3 Å². The number of rotatable bonds is 2. The normalized spacial score (nSPS) is 11.2. The van der Waals surface area contributed by atoms with Gasteiger partial charge in [0.2, 0.25) is 5.88 Å². The molecule has 2 rings (SSSR count). The Labute approximate surface area is 114 Å². The molecule has 5 heteroatoms. The van der Waals surface area contributed by atoms with E-state index in [4.69, 9.17) is 10.3 Å². The quantitative estimate of drug-likeness (QED) is 0.884. The molecule has 0 bridgehead atoms. The Balaban J connectivity index is 2.78. The minimum absolute atomic E-state index is 0.209. The van der Waals surface area contributed by atoms with Crippen LogP contribution in [-0.4, -0.2) is 10.3 Å². The van der Waals surface area contributed by atoms with Crippen LogP contribution in [0.3, 0.4) is 0 Å². The van der Waals surface area contributed by atoms with Crippen LogP contribution in [0.5, 0.6) is 5.75 Å². The van der Waals surface area contributed by atoms with Crippen LogP contribution >= 0.6 is 15.9 Å². The van der Waals surface area contributed by atoms with Crippen molar-refractivity contribution in [2.24, 2.45) is 0 Å². The van der Waals surface area contributed by atoms with Crippen LogP contribution in [-0.2, 0) is 0 Å². The van der Waals surface area contributed by atoms with Crippen molar-refractivity contribution in [1.29, 1.82) is 0 Å². The van der Waals surface area contributed by atoms with Crippen molar-refractivity contribution in [3.05, 3.63) is 27.9 Å². The highest BCUT2D eigenvalue weighted by molar-refractivity contribution is 9.10. The lowest BCUT2D eigenvalue weighted by Crippen LogP contribution is -1.96. The lowest BCUT2D eigenvalue weighted by atomic mass is 9.93. The molecule has 18 heavy (non-hydrogen) atoms. The summed E-state index contributed by atoms with van der Waals surface area (Å²) in [5.74, 6) is 0.656. The van der Waals surface area contributed by atoms with Crippen LogP contribution in [0.25, 0.3) is 11.1 Å². The zero-order valence-corrected chi connectivity index (χ0v) is 12.1. The van der Waals surface area contributed by atoms with Gasteiger partial charge in [-0.05, 0) is 30.0 Å². The molecule has 96 valence electrons. The molecule has 3 N–H and O–H groups in total. The number of nitrogens with zero attached hydrogens (tertiary/aromatic N) is 1. The van der Waals surface area contributed by atoms with E-state index < -0.39 is 0 Å². The molecule has 2 aromatic rings. The molecule has 1 aromatic heterocycles. The maximum Gasteiger partial charge on any atom is 0.230 e. The van der Waals surface area contributed by atoms with Gasteiger partial charge >= 0.3 is 0 Å². The first-order chi connectivity index (χ1) is 8.43. The average molecular weight is 311 g/mol. The molecule has 0 aliphatic carbocycles. The van der Waals surface area contributed by atoms with E-state index in [2.05, 4.69) is 21.1 Å². The molecule has 1 aromatic carbocycles. The number of phenolic OH excluding ortho intramolecular Hbond substituents is 1. The first kappa shape index (κ1) is 13.0. The summed E-state index contributed by atoms with van der Waals surface area (Å²) in [5, 5.41) is 14.1. The topological polar surface area (TPSA) is 72.3 Å². The van der Waals surface area contributed by atoms with Crippen LogP contribution in [0.2, 0.25) is 0 Å². The monoisotopic (exact) mass is 310 g/mol. The third kappa shape index (κ3) is 1.99. The summed E-state index contributed by atoms with van der Waals surface area (Å²) < 4.78 is 5.80. The minimum atomic E-state index is 0.209. The first-order valence-corrected chi connectivity index (χ1v) is 6.45. The molecule has 0 aliphatic rings. The third-order valence-corrected chi connectivity index (χ3v) is 3.84. The van der Waals surface area contributed by atoms with Gasteiger partial charge in [-0.1, -0.05) is 34.9 Å². The number of nitrogen functional groups attached to an aromatic ring is 1. The summed E-state index contributed by atoms with van der Waals surface area (Å²) in [7, 11) is 0. The number of aromatic nitrogens is 1. The van der Waals surface area contributed by atoms with Gasteiger partial charge in [0.05, 0.1) is 11.8 Å². The highest BCUT2D eigenvalue weighted by atomic mass is 79.9. The maximum atomic E-state index is 10.4. The van der Waals surface area contributed by atoms with E-state index in [-0.39, 0.29) is 17.6 Å². The van der Waals surface area contributed by atoms with Crippen molar-refractivity contribution in [1.82, 2.24) is 5.16 Å². The Morgan fingerprint density at radius 2 is 2.11 bits per heavy atom. The van der Waals surface area contributed by atoms with Crippen LogP contribution < -0.4 is 5.73 Å². The molecule has 0 fully saturated rings. The Morgan fingerprint density at radius 3 is 2.61 bits per heavy atom.